The zero-order chi connectivity index (χ0) is 18.9. The molecular weight excluding hydrogens is 370 g/mol. The first kappa shape index (κ1) is 18.1. The van der Waals surface area contributed by atoms with E-state index in [2.05, 4.69) is 10.2 Å². The zero-order valence-electron chi connectivity index (χ0n) is 13.4. The number of carbonyl (C=O) groups excluding carboxylic acids is 1. The molecule has 1 saturated heterocycles. The van der Waals surface area contributed by atoms with E-state index in [-0.39, 0.29) is 31.9 Å². The Kier molecular flexibility index (Phi) is 4.83. The Labute approximate surface area is 147 Å². The van der Waals surface area contributed by atoms with Crippen molar-refractivity contribution in [3.05, 3.63) is 58.0 Å². The average Bonchev–Trinajstić information content (AvgIpc) is 2.64. The van der Waals surface area contributed by atoms with E-state index >= 15 is 0 Å². The molecule has 3 rings (SSSR count). The van der Waals surface area contributed by atoms with Gasteiger partial charge in [-0.1, -0.05) is 0 Å². The number of amides is 1. The fourth-order valence-corrected chi connectivity index (χ4v) is 4.07. The number of sulfonamides is 1. The molecule has 1 amide bonds. The van der Waals surface area contributed by atoms with E-state index in [0.717, 1.165) is 22.5 Å². The molecule has 8 nitrogen and oxygen atoms in total. The highest BCUT2D eigenvalue weighted by atomic mass is 32.2. The highest BCUT2D eigenvalue weighted by molar-refractivity contribution is 7.89. The van der Waals surface area contributed by atoms with E-state index < -0.39 is 38.0 Å². The quantitative estimate of drug-likeness (QED) is 0.814. The number of H-pyrrole nitrogens is 1. The first-order valence-electron chi connectivity index (χ1n) is 7.59. The topological polar surface area (TPSA) is 103 Å². The summed E-state index contributed by atoms with van der Waals surface area (Å²) in [6, 6.07) is 4.65. The number of hydrogen-bond acceptors (Lipinski definition) is 5. The maximum Gasteiger partial charge on any atom is 0.274 e. The summed E-state index contributed by atoms with van der Waals surface area (Å²) in [6.45, 7) is -0.0492. The Hall–Kier alpha value is -2.66. The van der Waals surface area contributed by atoms with Gasteiger partial charge in [-0.2, -0.15) is 9.40 Å². The molecule has 11 heteroatoms. The van der Waals surface area contributed by atoms with Gasteiger partial charge in [0.05, 0.1) is 0 Å². The molecule has 0 aliphatic carbocycles. The normalized spacial score (nSPS) is 15.8. The summed E-state index contributed by atoms with van der Waals surface area (Å²) in [5, 5.41) is 5.79. The first-order valence-corrected chi connectivity index (χ1v) is 9.03. The molecule has 1 aromatic carbocycles. The van der Waals surface area contributed by atoms with Gasteiger partial charge in [-0.3, -0.25) is 9.59 Å². The molecule has 1 aliphatic heterocycles. The van der Waals surface area contributed by atoms with Gasteiger partial charge in [0.1, 0.15) is 22.2 Å². The van der Waals surface area contributed by atoms with Crippen LogP contribution < -0.4 is 5.56 Å². The van der Waals surface area contributed by atoms with Crippen LogP contribution in [0.3, 0.4) is 0 Å². The summed E-state index contributed by atoms with van der Waals surface area (Å²) in [4.78, 5) is 23.9. The molecule has 0 bridgehead atoms. The van der Waals surface area contributed by atoms with E-state index in [1.807, 2.05) is 0 Å². The minimum atomic E-state index is -4.22. The molecule has 26 heavy (non-hydrogen) atoms. The van der Waals surface area contributed by atoms with Crippen molar-refractivity contribution in [3.8, 4) is 0 Å². The molecule has 1 aromatic heterocycles. The molecule has 138 valence electrons. The fraction of sp³-hybridized carbons (Fsp3) is 0.267. The molecule has 0 atom stereocenters. The van der Waals surface area contributed by atoms with Crippen LogP contribution in [0.4, 0.5) is 8.78 Å². The largest absolute Gasteiger partial charge is 0.335 e. The van der Waals surface area contributed by atoms with Gasteiger partial charge in [-0.25, -0.2) is 22.3 Å². The summed E-state index contributed by atoms with van der Waals surface area (Å²) < 4.78 is 53.1. The highest BCUT2D eigenvalue weighted by Crippen LogP contribution is 2.22. The predicted octanol–water partition coefficient (Wildman–Crippen LogP) is 0.195. The number of piperazine rings is 1. The first-order chi connectivity index (χ1) is 12.3. The number of rotatable bonds is 3. The second-order valence-electron chi connectivity index (χ2n) is 5.58. The minimum Gasteiger partial charge on any atom is -0.335 e. The van der Waals surface area contributed by atoms with E-state index in [4.69, 9.17) is 0 Å². The Morgan fingerprint density at radius 2 is 1.77 bits per heavy atom. The van der Waals surface area contributed by atoms with Gasteiger partial charge >= 0.3 is 0 Å². The lowest BCUT2D eigenvalue weighted by molar-refractivity contribution is 0.0690. The number of benzene rings is 1. The van der Waals surface area contributed by atoms with Gasteiger partial charge in [-0.15, -0.1) is 0 Å². The van der Waals surface area contributed by atoms with Crippen molar-refractivity contribution in [1.29, 1.82) is 0 Å². The Morgan fingerprint density at radius 3 is 2.38 bits per heavy atom. The SMILES string of the molecule is O=C(c1ccc(=O)[nH]n1)N1CCN(S(=O)(=O)c2cc(F)ccc2F)CC1. The summed E-state index contributed by atoms with van der Waals surface area (Å²) in [6.07, 6.45) is 0. The van der Waals surface area contributed by atoms with Gasteiger partial charge in [-0.05, 0) is 24.3 Å². The van der Waals surface area contributed by atoms with Crippen molar-refractivity contribution in [2.45, 2.75) is 4.90 Å². The highest BCUT2D eigenvalue weighted by Gasteiger charge is 2.32. The molecule has 0 unspecified atom stereocenters. The third-order valence-electron chi connectivity index (χ3n) is 3.94. The number of aromatic nitrogens is 2. The van der Waals surface area contributed by atoms with Crippen LogP contribution in [0.2, 0.25) is 0 Å². The second-order valence-corrected chi connectivity index (χ2v) is 7.48. The standard InChI is InChI=1S/C15H14F2N4O4S/c16-10-1-2-11(17)13(9-10)26(24,25)21-7-5-20(6-8-21)15(23)12-3-4-14(22)19-18-12/h1-4,9H,5-8H2,(H,19,22). The third kappa shape index (κ3) is 3.48. The third-order valence-corrected chi connectivity index (χ3v) is 5.85. The van der Waals surface area contributed by atoms with Crippen molar-refractivity contribution in [1.82, 2.24) is 19.4 Å². The Morgan fingerprint density at radius 1 is 1.08 bits per heavy atom. The second kappa shape index (κ2) is 6.92. The van der Waals surface area contributed by atoms with Gasteiger partial charge in [0.15, 0.2) is 0 Å². The number of halogens is 2. The summed E-state index contributed by atoms with van der Waals surface area (Å²) >= 11 is 0. The lowest BCUT2D eigenvalue weighted by Gasteiger charge is -2.33. The van der Waals surface area contributed by atoms with Gasteiger partial charge in [0.25, 0.3) is 11.5 Å². The molecule has 1 N–H and O–H groups in total. The molecule has 2 aromatic rings. The van der Waals surface area contributed by atoms with Crippen LogP contribution >= 0.6 is 0 Å². The summed E-state index contributed by atoms with van der Waals surface area (Å²) in [7, 11) is -4.22. The van der Waals surface area contributed by atoms with Crippen LogP contribution in [0, 0.1) is 11.6 Å². The summed E-state index contributed by atoms with van der Waals surface area (Å²) in [5.41, 5.74) is -0.424. The molecule has 2 heterocycles. The molecular formula is C15H14F2N4O4S. The van der Waals surface area contributed by atoms with Crippen molar-refractivity contribution >= 4 is 15.9 Å². The fourth-order valence-electron chi connectivity index (χ4n) is 2.57. The Bertz CT molecular complexity index is 980. The van der Waals surface area contributed by atoms with Crippen LogP contribution in [0.15, 0.2) is 40.0 Å². The molecule has 0 saturated carbocycles. The maximum absolute atomic E-state index is 13.8. The van der Waals surface area contributed by atoms with Gasteiger partial charge < -0.3 is 4.90 Å². The maximum atomic E-state index is 13.8. The minimum absolute atomic E-state index is 0.0251. The van der Waals surface area contributed by atoms with Gasteiger partial charge in [0.2, 0.25) is 10.0 Å². The molecule has 0 radical (unpaired) electrons. The van der Waals surface area contributed by atoms with E-state index in [1.165, 1.54) is 11.0 Å². The smallest absolute Gasteiger partial charge is 0.274 e. The number of nitrogens with one attached hydrogen (secondary N) is 1. The van der Waals surface area contributed by atoms with Crippen LogP contribution in [0.1, 0.15) is 10.5 Å². The zero-order valence-corrected chi connectivity index (χ0v) is 14.2. The number of carbonyl (C=O) groups is 1. The number of hydrogen-bond donors (Lipinski definition) is 1. The lowest BCUT2D eigenvalue weighted by Crippen LogP contribution is -2.50. The van der Waals surface area contributed by atoms with Crippen molar-refractivity contribution in [2.24, 2.45) is 0 Å². The van der Waals surface area contributed by atoms with Crippen LogP contribution in [0.25, 0.3) is 0 Å². The van der Waals surface area contributed by atoms with E-state index in [9.17, 15) is 26.8 Å². The predicted molar refractivity (Wildman–Crippen MR) is 85.9 cm³/mol. The Balaban J connectivity index is 1.73. The number of aromatic amines is 1. The molecule has 0 spiro atoms. The van der Waals surface area contributed by atoms with Crippen molar-refractivity contribution < 1.29 is 22.0 Å². The van der Waals surface area contributed by atoms with Crippen LogP contribution in [-0.4, -0.2) is 59.9 Å². The molecule has 1 fully saturated rings. The van der Waals surface area contributed by atoms with Crippen LogP contribution in [0.5, 0.6) is 0 Å². The monoisotopic (exact) mass is 384 g/mol. The van der Waals surface area contributed by atoms with Gasteiger partial charge in [0, 0.05) is 32.2 Å². The van der Waals surface area contributed by atoms with Crippen LogP contribution in [-0.2, 0) is 10.0 Å². The summed E-state index contributed by atoms with van der Waals surface area (Å²) in [5.74, 6) is -2.36. The number of nitrogens with zero attached hydrogens (tertiary/aromatic N) is 3. The van der Waals surface area contributed by atoms with Crippen molar-refractivity contribution in [2.75, 3.05) is 26.2 Å². The van der Waals surface area contributed by atoms with Crippen molar-refractivity contribution in [3.63, 3.8) is 0 Å². The van der Waals surface area contributed by atoms with E-state index in [0.29, 0.717) is 6.07 Å². The average molecular weight is 384 g/mol. The molecule has 1 aliphatic rings. The van der Waals surface area contributed by atoms with E-state index in [1.54, 1.807) is 0 Å². The lowest BCUT2D eigenvalue weighted by atomic mass is 10.3.